The number of β-lactam (4-membered cyclic amide) rings is 1. The number of nitrogens with two attached hydrogens (primary N) is 2. The topological polar surface area (TPSA) is 162 Å². The molecular formula is C5H9N3O7S. The molecule has 92 valence electrons. The molecule has 2 atom stereocenters. The Hall–Kier alpha value is -1.43. The number of ether oxygens (including phenoxy) is 1. The first kappa shape index (κ1) is 12.6. The molecule has 11 heteroatoms. The van der Waals surface area contributed by atoms with Crippen molar-refractivity contribution in [1.29, 1.82) is 0 Å². The maximum absolute atomic E-state index is 11.0. The molecule has 0 radical (unpaired) electrons. The maximum atomic E-state index is 11.0. The van der Waals surface area contributed by atoms with E-state index in [0.29, 0.717) is 5.06 Å². The largest absolute Gasteiger partial charge is 0.447 e. The van der Waals surface area contributed by atoms with Crippen molar-refractivity contribution in [1.82, 2.24) is 5.06 Å². The summed E-state index contributed by atoms with van der Waals surface area (Å²) >= 11 is 0. The van der Waals surface area contributed by atoms with Gasteiger partial charge in [0.25, 0.3) is 5.91 Å². The molecule has 0 aromatic carbocycles. The molecule has 10 nitrogen and oxygen atoms in total. The fourth-order valence-corrected chi connectivity index (χ4v) is 1.46. The third kappa shape index (κ3) is 2.79. The summed E-state index contributed by atoms with van der Waals surface area (Å²) in [5.41, 5.74) is 9.94. The van der Waals surface area contributed by atoms with Crippen LogP contribution in [0.5, 0.6) is 0 Å². The van der Waals surface area contributed by atoms with Crippen molar-refractivity contribution < 1.29 is 31.6 Å². The zero-order valence-corrected chi connectivity index (χ0v) is 8.59. The number of hydroxylamine groups is 2. The van der Waals surface area contributed by atoms with Crippen molar-refractivity contribution >= 4 is 22.4 Å². The summed E-state index contributed by atoms with van der Waals surface area (Å²) in [4.78, 5) is 21.3. The summed E-state index contributed by atoms with van der Waals surface area (Å²) in [6.07, 6.45) is -1.11. The molecule has 1 aliphatic rings. The van der Waals surface area contributed by atoms with Gasteiger partial charge in [0.15, 0.2) is 0 Å². The molecule has 0 bridgehead atoms. The van der Waals surface area contributed by atoms with Gasteiger partial charge < -0.3 is 16.2 Å². The number of hydrogen-bond acceptors (Lipinski definition) is 7. The highest BCUT2D eigenvalue weighted by Gasteiger charge is 2.49. The lowest BCUT2D eigenvalue weighted by Crippen LogP contribution is -2.70. The Kier molecular flexibility index (Phi) is 3.32. The van der Waals surface area contributed by atoms with E-state index >= 15 is 0 Å². The van der Waals surface area contributed by atoms with E-state index in [9.17, 15) is 18.0 Å². The lowest BCUT2D eigenvalue weighted by molar-refractivity contribution is -0.199. The van der Waals surface area contributed by atoms with E-state index in [2.05, 4.69) is 14.8 Å². The summed E-state index contributed by atoms with van der Waals surface area (Å²) in [7, 11) is -4.83. The van der Waals surface area contributed by atoms with Gasteiger partial charge >= 0.3 is 16.5 Å². The monoisotopic (exact) mass is 255 g/mol. The van der Waals surface area contributed by atoms with E-state index in [1.54, 1.807) is 0 Å². The molecule has 1 saturated heterocycles. The summed E-state index contributed by atoms with van der Waals surface area (Å²) in [5, 5.41) is 0.295. The highest BCUT2D eigenvalue weighted by Crippen LogP contribution is 2.20. The second-order valence-electron chi connectivity index (χ2n) is 2.89. The lowest BCUT2D eigenvalue weighted by Gasteiger charge is -2.41. The quantitative estimate of drug-likeness (QED) is 0.362. The van der Waals surface area contributed by atoms with E-state index in [1.807, 2.05) is 0 Å². The normalized spacial score (nSPS) is 25.1. The van der Waals surface area contributed by atoms with Gasteiger partial charge in [-0.25, -0.2) is 4.79 Å². The molecule has 0 aliphatic carbocycles. The van der Waals surface area contributed by atoms with Gasteiger partial charge in [-0.2, -0.15) is 13.5 Å². The van der Waals surface area contributed by atoms with Gasteiger partial charge in [-0.1, -0.05) is 0 Å². The van der Waals surface area contributed by atoms with Crippen LogP contribution in [-0.4, -0.2) is 48.7 Å². The Morgan fingerprint density at radius 2 is 2.12 bits per heavy atom. The zero-order valence-electron chi connectivity index (χ0n) is 7.77. The van der Waals surface area contributed by atoms with Gasteiger partial charge in [0.1, 0.15) is 18.7 Å². The second-order valence-corrected chi connectivity index (χ2v) is 3.89. The van der Waals surface area contributed by atoms with Crippen LogP contribution in [0.1, 0.15) is 0 Å². The highest BCUT2D eigenvalue weighted by atomic mass is 32.3. The van der Waals surface area contributed by atoms with E-state index in [4.69, 9.17) is 10.3 Å². The number of carbonyl (C=O) groups excluding carboxylic acids is 2. The van der Waals surface area contributed by atoms with Gasteiger partial charge in [-0.05, 0) is 0 Å². The molecule has 1 fully saturated rings. The third-order valence-corrected chi connectivity index (χ3v) is 2.14. The molecule has 16 heavy (non-hydrogen) atoms. The van der Waals surface area contributed by atoms with Crippen molar-refractivity contribution in [2.75, 3.05) is 6.61 Å². The molecule has 0 unspecified atom stereocenters. The molecule has 1 rings (SSSR count). The van der Waals surface area contributed by atoms with Gasteiger partial charge in [0.05, 0.1) is 0 Å². The van der Waals surface area contributed by atoms with Crippen LogP contribution in [-0.2, 0) is 24.2 Å². The van der Waals surface area contributed by atoms with Gasteiger partial charge in [-0.15, -0.1) is 4.28 Å². The Bertz CT molecular complexity index is 406. The Morgan fingerprint density at radius 3 is 2.56 bits per heavy atom. The standard InChI is InChI=1S/C5H9N3O7S/c6-3-2(1-14-5(7)10)8(4(3)9)15-16(11,12)13/h2-3H,1,6H2,(H2,7,10)(H,11,12,13)/t2-,3+/m1/s1. The predicted molar refractivity (Wildman–Crippen MR) is 46.8 cm³/mol. The Morgan fingerprint density at radius 1 is 1.56 bits per heavy atom. The summed E-state index contributed by atoms with van der Waals surface area (Å²) in [5.74, 6) is -0.865. The van der Waals surface area contributed by atoms with Crippen molar-refractivity contribution in [3.8, 4) is 0 Å². The minimum Gasteiger partial charge on any atom is -0.447 e. The fraction of sp³-hybridized carbons (Fsp3) is 0.600. The van der Waals surface area contributed by atoms with Gasteiger partial charge in [-0.3, -0.25) is 9.35 Å². The fourth-order valence-electron chi connectivity index (χ4n) is 1.07. The first-order valence-electron chi connectivity index (χ1n) is 3.90. The van der Waals surface area contributed by atoms with E-state index < -0.39 is 41.1 Å². The molecule has 1 heterocycles. The number of amides is 2. The molecule has 0 aromatic rings. The minimum atomic E-state index is -4.83. The lowest BCUT2D eigenvalue weighted by atomic mass is 10.0. The minimum absolute atomic E-state index is 0.295. The van der Waals surface area contributed by atoms with Crippen LogP contribution in [0.3, 0.4) is 0 Å². The summed E-state index contributed by atoms with van der Waals surface area (Å²) in [6, 6.07) is -2.09. The molecule has 0 saturated carbocycles. The zero-order chi connectivity index (χ0) is 12.5. The second kappa shape index (κ2) is 4.21. The van der Waals surface area contributed by atoms with Crippen LogP contribution in [0, 0.1) is 0 Å². The van der Waals surface area contributed by atoms with Crippen molar-refractivity contribution in [3.63, 3.8) is 0 Å². The summed E-state index contributed by atoms with van der Waals surface area (Å²) in [6.45, 7) is -0.433. The number of hydrogen-bond donors (Lipinski definition) is 3. The highest BCUT2D eigenvalue weighted by molar-refractivity contribution is 7.80. The molecule has 0 spiro atoms. The van der Waals surface area contributed by atoms with Crippen LogP contribution in [0.15, 0.2) is 0 Å². The SMILES string of the molecule is NC(=O)OC[C@@H]1[C@H](N)C(=O)N1OS(=O)(=O)O. The van der Waals surface area contributed by atoms with Crippen LogP contribution >= 0.6 is 0 Å². The number of rotatable bonds is 4. The first-order valence-corrected chi connectivity index (χ1v) is 5.27. The number of nitrogens with zero attached hydrogens (tertiary/aromatic N) is 1. The van der Waals surface area contributed by atoms with Crippen LogP contribution < -0.4 is 11.5 Å². The van der Waals surface area contributed by atoms with Gasteiger partial charge in [0.2, 0.25) is 0 Å². The van der Waals surface area contributed by atoms with E-state index in [0.717, 1.165) is 0 Å². The van der Waals surface area contributed by atoms with Crippen LogP contribution in [0.25, 0.3) is 0 Å². The average molecular weight is 255 g/mol. The number of carbonyl (C=O) groups is 2. The maximum Gasteiger partial charge on any atom is 0.418 e. The van der Waals surface area contributed by atoms with Gasteiger partial charge in [0, 0.05) is 0 Å². The van der Waals surface area contributed by atoms with Crippen molar-refractivity contribution in [2.24, 2.45) is 11.5 Å². The predicted octanol–water partition coefficient (Wildman–Crippen LogP) is -2.65. The first-order chi connectivity index (χ1) is 7.22. The van der Waals surface area contributed by atoms with Crippen LogP contribution in [0.2, 0.25) is 0 Å². The summed E-state index contributed by atoms with van der Waals surface area (Å²) < 4.78 is 37.2. The van der Waals surface area contributed by atoms with E-state index in [1.165, 1.54) is 0 Å². The van der Waals surface area contributed by atoms with E-state index in [-0.39, 0.29) is 0 Å². The molecule has 2 amide bonds. The molecule has 5 N–H and O–H groups in total. The molecule has 0 aromatic heterocycles. The van der Waals surface area contributed by atoms with Crippen molar-refractivity contribution in [3.05, 3.63) is 0 Å². The number of primary amides is 1. The third-order valence-electron chi connectivity index (χ3n) is 1.79. The van der Waals surface area contributed by atoms with Crippen LogP contribution in [0.4, 0.5) is 4.79 Å². The average Bonchev–Trinajstić information content (AvgIpc) is 2.13. The Balaban J connectivity index is 2.61. The molecular weight excluding hydrogens is 246 g/mol. The Labute approximate surface area is 90.0 Å². The smallest absolute Gasteiger partial charge is 0.418 e. The van der Waals surface area contributed by atoms with Crippen molar-refractivity contribution in [2.45, 2.75) is 12.1 Å². The molecule has 1 aliphatic heterocycles.